The van der Waals surface area contributed by atoms with Gasteiger partial charge in [-0.15, -0.1) is 0 Å². The molecule has 178 valence electrons. The predicted octanol–water partition coefficient (Wildman–Crippen LogP) is 7.39. The first-order valence-electron chi connectivity index (χ1n) is 11.0. The van der Waals surface area contributed by atoms with Crippen molar-refractivity contribution in [2.75, 3.05) is 6.61 Å². The highest BCUT2D eigenvalue weighted by Gasteiger charge is 2.30. The summed E-state index contributed by atoms with van der Waals surface area (Å²) in [4.78, 5) is 17.1. The van der Waals surface area contributed by atoms with E-state index in [1.165, 1.54) is 11.3 Å². The zero-order chi connectivity index (χ0) is 24.4. The van der Waals surface area contributed by atoms with Crippen LogP contribution in [-0.2, 0) is 20.9 Å². The van der Waals surface area contributed by atoms with Gasteiger partial charge < -0.3 is 14.2 Å². The Labute approximate surface area is 208 Å². The van der Waals surface area contributed by atoms with Crippen LogP contribution in [-0.4, -0.2) is 23.2 Å². The fourth-order valence-corrected chi connectivity index (χ4v) is 5.15. The molecule has 1 aromatic heterocycles. The lowest BCUT2D eigenvalue weighted by Crippen LogP contribution is -2.29. The molecule has 3 rings (SSSR count). The molecule has 0 saturated carbocycles. The Bertz CT molecular complexity index is 1110. The third kappa shape index (κ3) is 6.78. The van der Waals surface area contributed by atoms with Crippen molar-refractivity contribution >= 4 is 43.5 Å². The molecule has 0 N–H and O–H groups in total. The molecule has 1 atom stereocenters. The van der Waals surface area contributed by atoms with Gasteiger partial charge in [0, 0.05) is 10.0 Å². The highest BCUT2D eigenvalue weighted by atomic mass is 79.9. The molecule has 5 nitrogen and oxygen atoms in total. The van der Waals surface area contributed by atoms with Crippen molar-refractivity contribution in [1.82, 2.24) is 4.98 Å². The van der Waals surface area contributed by atoms with Crippen LogP contribution in [0.4, 0.5) is 0 Å². The van der Waals surface area contributed by atoms with Crippen LogP contribution in [0.15, 0.2) is 40.9 Å². The second kappa shape index (κ2) is 10.1. The van der Waals surface area contributed by atoms with Gasteiger partial charge >= 0.3 is 5.97 Å². The summed E-state index contributed by atoms with van der Waals surface area (Å²) in [6.45, 7) is 14.1. The number of halogens is 1. The van der Waals surface area contributed by atoms with Gasteiger partial charge in [-0.2, -0.15) is 0 Å². The number of hydrogen-bond donors (Lipinski definition) is 0. The summed E-state index contributed by atoms with van der Waals surface area (Å²) in [5.41, 5.74) is 2.92. The molecule has 3 aromatic rings. The first-order chi connectivity index (χ1) is 15.3. The van der Waals surface area contributed by atoms with Crippen molar-refractivity contribution in [2.45, 2.75) is 66.8 Å². The number of nitrogens with zero attached hydrogens (tertiary/aromatic N) is 1. The number of aromatic nitrogens is 1. The van der Waals surface area contributed by atoms with Crippen LogP contribution in [0, 0.1) is 12.3 Å². The minimum atomic E-state index is -0.578. The van der Waals surface area contributed by atoms with E-state index in [0.717, 1.165) is 31.4 Å². The number of fused-ring (bicyclic) bond motifs is 1. The zero-order valence-corrected chi connectivity index (χ0v) is 22.7. The smallest absolute Gasteiger partial charge is 0.311 e. The predicted molar refractivity (Wildman–Crippen MR) is 137 cm³/mol. The molecule has 33 heavy (non-hydrogen) atoms. The van der Waals surface area contributed by atoms with Gasteiger partial charge in [-0.3, -0.25) is 4.79 Å². The molecule has 0 bridgehead atoms. The maximum Gasteiger partial charge on any atom is 0.311 e. The summed E-state index contributed by atoms with van der Waals surface area (Å²) in [5.74, 6) is -0.255. The van der Waals surface area contributed by atoms with Gasteiger partial charge in [0.2, 0.25) is 0 Å². The van der Waals surface area contributed by atoms with E-state index in [1.807, 2.05) is 84.9 Å². The number of esters is 1. The van der Waals surface area contributed by atoms with Gasteiger partial charge in [0.25, 0.3) is 5.19 Å². The van der Waals surface area contributed by atoms with Crippen LogP contribution in [0.3, 0.4) is 0 Å². The monoisotopic (exact) mass is 533 g/mol. The minimum Gasteiger partial charge on any atom is -0.465 e. The fraction of sp³-hybridized carbons (Fsp3) is 0.462. The molecule has 2 aromatic carbocycles. The van der Waals surface area contributed by atoms with Crippen LogP contribution in [0.25, 0.3) is 10.2 Å². The van der Waals surface area contributed by atoms with E-state index in [-0.39, 0.29) is 12.6 Å². The third-order valence-corrected chi connectivity index (χ3v) is 6.94. The first kappa shape index (κ1) is 25.7. The molecule has 0 aliphatic carbocycles. The Morgan fingerprint density at radius 1 is 1.12 bits per heavy atom. The molecule has 1 heterocycles. The standard InChI is InChI=1S/C26H32BrNO4S/c1-16-13-18-22(33-24(28-18)31-14-17-11-9-8-10-12-17)21(27)20(16)19(32-26(5,6)7)15-30-23(29)25(2,3)4/h8-13,19H,14-15H2,1-7H3/t19-/m0/s1. The van der Waals surface area contributed by atoms with Crippen LogP contribution in [0.2, 0.25) is 0 Å². The van der Waals surface area contributed by atoms with Crippen LogP contribution < -0.4 is 4.74 Å². The lowest BCUT2D eigenvalue weighted by molar-refractivity contribution is -0.162. The molecule has 0 saturated heterocycles. The molecule has 0 unspecified atom stereocenters. The molecule has 0 radical (unpaired) electrons. The zero-order valence-electron chi connectivity index (χ0n) is 20.3. The van der Waals surface area contributed by atoms with Gasteiger partial charge in [-0.1, -0.05) is 41.7 Å². The number of carbonyl (C=O) groups excluding carboxylic acids is 1. The molecule has 0 fully saturated rings. The Balaban J connectivity index is 1.91. The molecular formula is C26H32BrNO4S. The van der Waals surface area contributed by atoms with Crippen LogP contribution >= 0.6 is 27.3 Å². The molecule has 0 aliphatic rings. The number of carbonyl (C=O) groups is 1. The maximum atomic E-state index is 12.4. The fourth-order valence-electron chi connectivity index (χ4n) is 3.29. The highest BCUT2D eigenvalue weighted by Crippen LogP contribution is 2.41. The molecular weight excluding hydrogens is 502 g/mol. The Morgan fingerprint density at radius 2 is 1.79 bits per heavy atom. The average Bonchev–Trinajstić information content (AvgIpc) is 3.12. The lowest BCUT2D eigenvalue weighted by atomic mass is 9.97. The largest absolute Gasteiger partial charge is 0.465 e. The number of hydrogen-bond acceptors (Lipinski definition) is 6. The van der Waals surface area contributed by atoms with E-state index in [2.05, 4.69) is 20.9 Å². The van der Waals surface area contributed by atoms with E-state index in [0.29, 0.717) is 11.8 Å². The van der Waals surface area contributed by atoms with Gasteiger partial charge in [0.15, 0.2) is 0 Å². The molecule has 0 aliphatic heterocycles. The van der Waals surface area contributed by atoms with Crippen LogP contribution in [0.5, 0.6) is 5.19 Å². The quantitative estimate of drug-likeness (QED) is 0.296. The highest BCUT2D eigenvalue weighted by molar-refractivity contribution is 9.10. The lowest BCUT2D eigenvalue weighted by Gasteiger charge is -2.30. The summed E-state index contributed by atoms with van der Waals surface area (Å²) >= 11 is 5.28. The van der Waals surface area contributed by atoms with Crippen molar-refractivity contribution in [3.8, 4) is 5.19 Å². The minimum absolute atomic E-state index is 0.133. The second-order valence-corrected chi connectivity index (χ2v) is 11.8. The van der Waals surface area contributed by atoms with Crippen molar-refractivity contribution in [3.63, 3.8) is 0 Å². The Hall–Kier alpha value is -1.96. The normalized spacial score (nSPS) is 13.2. The molecule has 0 amide bonds. The number of thiazole rings is 1. The first-order valence-corrected chi connectivity index (χ1v) is 12.6. The van der Waals surface area contributed by atoms with E-state index in [9.17, 15) is 4.79 Å². The Kier molecular flexibility index (Phi) is 7.87. The van der Waals surface area contributed by atoms with Crippen LogP contribution in [0.1, 0.15) is 64.3 Å². The van der Waals surface area contributed by atoms with Crippen molar-refractivity contribution in [1.29, 1.82) is 0 Å². The summed E-state index contributed by atoms with van der Waals surface area (Å²) < 4.78 is 19.8. The van der Waals surface area contributed by atoms with E-state index < -0.39 is 17.1 Å². The van der Waals surface area contributed by atoms with E-state index in [4.69, 9.17) is 14.2 Å². The number of aryl methyl sites for hydroxylation is 1. The topological polar surface area (TPSA) is 57.7 Å². The summed E-state index contributed by atoms with van der Waals surface area (Å²) in [5, 5.41) is 0.610. The van der Waals surface area contributed by atoms with E-state index >= 15 is 0 Å². The van der Waals surface area contributed by atoms with E-state index in [1.54, 1.807) is 0 Å². The number of benzene rings is 2. The maximum absolute atomic E-state index is 12.4. The SMILES string of the molecule is Cc1cc2nc(OCc3ccccc3)sc2c(Br)c1[C@H](COC(=O)C(C)(C)C)OC(C)(C)C. The third-order valence-electron chi connectivity index (χ3n) is 4.85. The van der Waals surface area contributed by atoms with Crippen molar-refractivity contribution in [2.24, 2.45) is 5.41 Å². The Morgan fingerprint density at radius 3 is 2.39 bits per heavy atom. The summed E-state index contributed by atoms with van der Waals surface area (Å²) in [6.07, 6.45) is -0.425. The second-order valence-electron chi connectivity index (χ2n) is 10.1. The number of rotatable bonds is 7. The van der Waals surface area contributed by atoms with Gasteiger partial charge in [-0.05, 0) is 81.6 Å². The molecule has 0 spiro atoms. The van der Waals surface area contributed by atoms with Crippen molar-refractivity contribution < 1.29 is 19.0 Å². The number of ether oxygens (including phenoxy) is 3. The van der Waals surface area contributed by atoms with Gasteiger partial charge in [-0.25, -0.2) is 4.98 Å². The van der Waals surface area contributed by atoms with Gasteiger partial charge in [0.1, 0.15) is 19.3 Å². The summed E-state index contributed by atoms with van der Waals surface area (Å²) in [7, 11) is 0. The average molecular weight is 535 g/mol. The van der Waals surface area contributed by atoms with Crippen molar-refractivity contribution in [3.05, 3.63) is 57.6 Å². The molecule has 7 heteroatoms. The van der Waals surface area contributed by atoms with Gasteiger partial charge in [0.05, 0.1) is 21.2 Å². The summed E-state index contributed by atoms with van der Waals surface area (Å²) in [6, 6.07) is 12.1.